The van der Waals surface area contributed by atoms with Gasteiger partial charge in [0.2, 0.25) is 5.88 Å². The van der Waals surface area contributed by atoms with Gasteiger partial charge in [-0.15, -0.1) is 0 Å². The average molecular weight is 480 g/mol. The van der Waals surface area contributed by atoms with Crippen LogP contribution in [0.5, 0.6) is 11.6 Å². The van der Waals surface area contributed by atoms with Crippen molar-refractivity contribution in [2.45, 2.75) is 72.6 Å². The van der Waals surface area contributed by atoms with E-state index < -0.39 is 6.10 Å². The van der Waals surface area contributed by atoms with E-state index in [0.717, 1.165) is 47.8 Å². The molecule has 0 spiro atoms. The van der Waals surface area contributed by atoms with Crippen molar-refractivity contribution in [3.05, 3.63) is 71.4 Å². The number of aromatic nitrogens is 2. The first-order valence-electron chi connectivity index (χ1n) is 12.8. The molecule has 0 saturated carbocycles. The number of hydrogen-bond acceptors (Lipinski definition) is 5. The molecule has 0 amide bonds. The molecular weight excluding hydrogens is 438 g/mol. The molecule has 2 aromatic carbocycles. The molecule has 1 unspecified atom stereocenters. The van der Waals surface area contributed by atoms with E-state index >= 15 is 0 Å². The van der Waals surface area contributed by atoms with Crippen LogP contribution in [0.2, 0.25) is 0 Å². The summed E-state index contributed by atoms with van der Waals surface area (Å²) < 4.78 is 14.1. The molecule has 6 nitrogen and oxygen atoms in total. The van der Waals surface area contributed by atoms with Crippen LogP contribution in [-0.2, 0) is 17.7 Å². The van der Waals surface area contributed by atoms with Gasteiger partial charge in [0.05, 0.1) is 29.7 Å². The number of aliphatic hydroxyl groups is 1. The lowest BCUT2D eigenvalue weighted by Crippen LogP contribution is -2.39. The first-order chi connectivity index (χ1) is 16.9. The fourth-order valence-corrected chi connectivity index (χ4v) is 3.94. The highest BCUT2D eigenvalue weighted by Crippen LogP contribution is 2.32. The molecule has 0 bridgehead atoms. The predicted octanol–water partition coefficient (Wildman–Crippen LogP) is 5.92. The average Bonchev–Trinajstić information content (AvgIpc) is 3.20. The van der Waals surface area contributed by atoms with E-state index in [1.165, 1.54) is 5.56 Å². The zero-order valence-corrected chi connectivity index (χ0v) is 21.9. The zero-order chi connectivity index (χ0) is 25.2. The largest absolute Gasteiger partial charge is 0.439 e. The number of rotatable bonds is 14. The molecule has 190 valence electrons. The lowest BCUT2D eigenvalue weighted by atomic mass is 10.1. The molecule has 0 aliphatic heterocycles. The Morgan fingerprint density at radius 2 is 1.74 bits per heavy atom. The second-order valence-corrected chi connectivity index (χ2v) is 9.35. The fourth-order valence-electron chi connectivity index (χ4n) is 3.94. The van der Waals surface area contributed by atoms with Crippen molar-refractivity contribution in [2.75, 3.05) is 19.8 Å². The van der Waals surface area contributed by atoms with E-state index in [4.69, 9.17) is 14.6 Å². The number of para-hydroxylation sites is 1. The van der Waals surface area contributed by atoms with E-state index in [-0.39, 0.29) is 6.04 Å². The molecule has 0 radical (unpaired) electrons. The first kappa shape index (κ1) is 26.9. The van der Waals surface area contributed by atoms with Crippen LogP contribution in [0.3, 0.4) is 0 Å². The number of hydrogen-bond donors (Lipinski definition) is 1. The summed E-state index contributed by atoms with van der Waals surface area (Å²) >= 11 is 0. The number of unbranched alkanes of at least 4 members (excludes halogenated alkanes) is 1. The van der Waals surface area contributed by atoms with Crippen molar-refractivity contribution in [1.82, 2.24) is 14.7 Å². The van der Waals surface area contributed by atoms with Gasteiger partial charge >= 0.3 is 0 Å². The van der Waals surface area contributed by atoms with Crippen molar-refractivity contribution >= 4 is 0 Å². The smallest absolute Gasteiger partial charge is 0.227 e. The standard InChI is InChI=1S/C29H41N3O3/c1-6-8-18-34-21-25(33)19-31(22(3)4)20-27-28(7-2)30-32(24-12-10-9-11-13-24)29(27)35-26-16-14-23(5)15-17-26/h9-17,22,25,33H,6-8,18-21H2,1-5H3. The maximum Gasteiger partial charge on any atom is 0.227 e. The summed E-state index contributed by atoms with van der Waals surface area (Å²) in [5.74, 6) is 1.49. The van der Waals surface area contributed by atoms with Gasteiger partial charge in [0.15, 0.2) is 0 Å². The summed E-state index contributed by atoms with van der Waals surface area (Å²) in [6, 6.07) is 18.4. The van der Waals surface area contributed by atoms with Gasteiger partial charge in [-0.25, -0.2) is 4.68 Å². The summed E-state index contributed by atoms with van der Waals surface area (Å²) in [7, 11) is 0. The summed E-state index contributed by atoms with van der Waals surface area (Å²) in [6.45, 7) is 12.8. The number of aliphatic hydroxyl groups excluding tert-OH is 1. The van der Waals surface area contributed by atoms with E-state index in [0.29, 0.717) is 26.3 Å². The van der Waals surface area contributed by atoms with Crippen molar-refractivity contribution in [1.29, 1.82) is 0 Å². The molecule has 1 heterocycles. The van der Waals surface area contributed by atoms with Crippen molar-refractivity contribution < 1.29 is 14.6 Å². The second-order valence-electron chi connectivity index (χ2n) is 9.35. The van der Waals surface area contributed by atoms with Crippen LogP contribution in [0.1, 0.15) is 57.4 Å². The molecule has 1 aromatic heterocycles. The Balaban J connectivity index is 1.92. The van der Waals surface area contributed by atoms with Crippen LogP contribution < -0.4 is 4.74 Å². The van der Waals surface area contributed by atoms with Crippen LogP contribution in [0.15, 0.2) is 54.6 Å². The summed E-state index contributed by atoms with van der Waals surface area (Å²) in [4.78, 5) is 2.27. The van der Waals surface area contributed by atoms with Crippen LogP contribution >= 0.6 is 0 Å². The van der Waals surface area contributed by atoms with Gasteiger partial charge in [0, 0.05) is 25.7 Å². The lowest BCUT2D eigenvalue weighted by molar-refractivity contribution is 0.00841. The van der Waals surface area contributed by atoms with Gasteiger partial charge in [-0.05, 0) is 57.9 Å². The SMILES string of the molecule is CCCCOCC(O)CN(Cc1c(CC)nn(-c2ccccc2)c1Oc1ccc(C)cc1)C(C)C. The van der Waals surface area contributed by atoms with Crippen LogP contribution in [-0.4, -0.2) is 51.7 Å². The summed E-state index contributed by atoms with van der Waals surface area (Å²) in [5, 5.41) is 15.6. The lowest BCUT2D eigenvalue weighted by Gasteiger charge is -2.29. The van der Waals surface area contributed by atoms with Gasteiger partial charge in [0.25, 0.3) is 0 Å². The Hall–Kier alpha value is -2.67. The second kappa shape index (κ2) is 13.4. The molecule has 3 aromatic rings. The topological polar surface area (TPSA) is 59.8 Å². The highest BCUT2D eigenvalue weighted by molar-refractivity contribution is 5.44. The highest BCUT2D eigenvalue weighted by Gasteiger charge is 2.25. The third-order valence-electron chi connectivity index (χ3n) is 6.08. The number of benzene rings is 2. The third kappa shape index (κ3) is 7.66. The van der Waals surface area contributed by atoms with Gasteiger partial charge in [-0.3, -0.25) is 4.90 Å². The van der Waals surface area contributed by atoms with Crippen molar-refractivity contribution in [2.24, 2.45) is 0 Å². The van der Waals surface area contributed by atoms with Crippen molar-refractivity contribution in [3.8, 4) is 17.3 Å². The molecule has 0 saturated heterocycles. The molecule has 0 aliphatic carbocycles. The molecule has 1 atom stereocenters. The number of aryl methyl sites for hydroxylation is 2. The van der Waals surface area contributed by atoms with Crippen LogP contribution in [0.25, 0.3) is 5.69 Å². The summed E-state index contributed by atoms with van der Waals surface area (Å²) in [6.07, 6.45) is 2.33. The molecule has 0 fully saturated rings. The van der Waals surface area contributed by atoms with Gasteiger partial charge < -0.3 is 14.6 Å². The predicted molar refractivity (Wildman–Crippen MR) is 141 cm³/mol. The maximum absolute atomic E-state index is 10.7. The number of ether oxygens (including phenoxy) is 2. The van der Waals surface area contributed by atoms with Gasteiger partial charge in [-0.1, -0.05) is 56.2 Å². The monoisotopic (exact) mass is 479 g/mol. The Morgan fingerprint density at radius 1 is 1.03 bits per heavy atom. The normalized spacial score (nSPS) is 12.5. The van der Waals surface area contributed by atoms with E-state index in [9.17, 15) is 5.11 Å². The minimum Gasteiger partial charge on any atom is -0.439 e. The minimum atomic E-state index is -0.551. The van der Waals surface area contributed by atoms with Gasteiger partial charge in [-0.2, -0.15) is 5.10 Å². The molecule has 35 heavy (non-hydrogen) atoms. The molecule has 6 heteroatoms. The Morgan fingerprint density at radius 3 is 2.37 bits per heavy atom. The third-order valence-corrected chi connectivity index (χ3v) is 6.08. The highest BCUT2D eigenvalue weighted by atomic mass is 16.5. The quantitative estimate of drug-likeness (QED) is 0.291. The Bertz CT molecular complexity index is 1020. The zero-order valence-electron chi connectivity index (χ0n) is 21.9. The minimum absolute atomic E-state index is 0.234. The molecule has 3 rings (SSSR count). The van der Waals surface area contributed by atoms with E-state index in [1.54, 1.807) is 0 Å². The molecular formula is C29H41N3O3. The summed E-state index contributed by atoms with van der Waals surface area (Å²) in [5.41, 5.74) is 4.18. The Labute approximate surface area is 210 Å². The van der Waals surface area contributed by atoms with Crippen molar-refractivity contribution in [3.63, 3.8) is 0 Å². The van der Waals surface area contributed by atoms with E-state index in [2.05, 4.69) is 39.5 Å². The van der Waals surface area contributed by atoms with Gasteiger partial charge in [0.1, 0.15) is 5.75 Å². The maximum atomic E-state index is 10.7. The Kier molecular flexibility index (Phi) is 10.3. The fraction of sp³-hybridized carbons (Fsp3) is 0.483. The van der Waals surface area contributed by atoms with Crippen LogP contribution in [0, 0.1) is 6.92 Å². The van der Waals surface area contributed by atoms with E-state index in [1.807, 2.05) is 59.3 Å². The first-order valence-corrected chi connectivity index (χ1v) is 12.8. The van der Waals surface area contributed by atoms with Crippen LogP contribution in [0.4, 0.5) is 0 Å². The molecule has 1 N–H and O–H groups in total. The molecule has 0 aliphatic rings. The number of nitrogens with zero attached hydrogens (tertiary/aromatic N) is 3.